The minimum atomic E-state index is -0.00537. The van der Waals surface area contributed by atoms with E-state index in [4.69, 9.17) is 4.98 Å². The summed E-state index contributed by atoms with van der Waals surface area (Å²) < 4.78 is 2.06. The van der Waals surface area contributed by atoms with Gasteiger partial charge in [0.25, 0.3) is 5.91 Å². The standard InChI is InChI=1S/C27H30N4O2S/c1-2-30(21-12-5-3-6-13-21)26(32)20-31-23-15-9-8-14-22(23)29-25(31)17-7-4-10-18-28-27(33)24-16-11-19-34-24/h3,5-6,8-9,11-16,19H,2,4,7,10,17-18,20H2,1H3,(H,28,33). The molecule has 2 aromatic carbocycles. The van der Waals surface area contributed by atoms with Crippen molar-refractivity contribution in [3.05, 3.63) is 82.8 Å². The Morgan fingerprint density at radius 3 is 2.53 bits per heavy atom. The second kappa shape index (κ2) is 11.6. The molecule has 0 radical (unpaired) electrons. The Labute approximate surface area is 204 Å². The molecular formula is C27H30N4O2S. The summed E-state index contributed by atoms with van der Waals surface area (Å²) in [5.74, 6) is 0.977. The molecule has 0 unspecified atom stereocenters. The molecule has 2 amide bonds. The highest BCUT2D eigenvalue weighted by Gasteiger charge is 2.18. The summed E-state index contributed by atoms with van der Waals surface area (Å²) in [5, 5.41) is 4.89. The van der Waals surface area contributed by atoms with Crippen LogP contribution in [0.5, 0.6) is 0 Å². The number of hydrogen-bond acceptors (Lipinski definition) is 4. The molecule has 4 rings (SSSR count). The van der Waals surface area contributed by atoms with Gasteiger partial charge in [-0.1, -0.05) is 42.8 Å². The number of carbonyl (C=O) groups excluding carboxylic acids is 2. The Morgan fingerprint density at radius 2 is 1.76 bits per heavy atom. The number of anilines is 1. The third-order valence-electron chi connectivity index (χ3n) is 5.82. The van der Waals surface area contributed by atoms with Crippen LogP contribution in [0.1, 0.15) is 41.7 Å². The van der Waals surface area contributed by atoms with Gasteiger partial charge in [0, 0.05) is 25.2 Å². The molecule has 0 spiro atoms. The number of rotatable bonds is 11. The number of imidazole rings is 1. The minimum absolute atomic E-state index is 0.00537. The molecule has 0 aliphatic rings. The van der Waals surface area contributed by atoms with E-state index in [0.29, 0.717) is 13.1 Å². The van der Waals surface area contributed by atoms with Gasteiger partial charge < -0.3 is 14.8 Å². The third kappa shape index (κ3) is 5.72. The van der Waals surface area contributed by atoms with Crippen molar-refractivity contribution in [3.63, 3.8) is 0 Å². The topological polar surface area (TPSA) is 67.2 Å². The smallest absolute Gasteiger partial charge is 0.261 e. The number of thiophene rings is 1. The van der Waals surface area contributed by atoms with Gasteiger partial charge in [0.05, 0.1) is 15.9 Å². The zero-order valence-corrected chi connectivity index (χ0v) is 20.3. The summed E-state index contributed by atoms with van der Waals surface area (Å²) in [5.41, 5.74) is 2.81. The van der Waals surface area contributed by atoms with Crippen molar-refractivity contribution >= 4 is 39.9 Å². The van der Waals surface area contributed by atoms with Gasteiger partial charge >= 0.3 is 0 Å². The first-order valence-electron chi connectivity index (χ1n) is 11.8. The second-order valence-electron chi connectivity index (χ2n) is 8.12. The normalized spacial score (nSPS) is 11.0. The fraction of sp³-hybridized carbons (Fsp3) is 0.296. The van der Waals surface area contributed by atoms with E-state index in [1.807, 2.05) is 83.9 Å². The van der Waals surface area contributed by atoms with Crippen LogP contribution in [0.2, 0.25) is 0 Å². The number of unbranched alkanes of at least 4 members (excludes halogenated alkanes) is 2. The molecule has 176 valence electrons. The Hall–Kier alpha value is -3.45. The molecule has 0 bridgehead atoms. The van der Waals surface area contributed by atoms with Crippen LogP contribution in [0.4, 0.5) is 5.69 Å². The van der Waals surface area contributed by atoms with E-state index in [9.17, 15) is 9.59 Å². The first-order chi connectivity index (χ1) is 16.7. The minimum Gasteiger partial charge on any atom is -0.351 e. The quantitative estimate of drug-likeness (QED) is 0.300. The van der Waals surface area contributed by atoms with Crippen molar-refractivity contribution in [1.29, 1.82) is 0 Å². The first kappa shape index (κ1) is 23.7. The summed E-state index contributed by atoms with van der Waals surface area (Å²) in [4.78, 5) is 32.7. The zero-order chi connectivity index (χ0) is 23.8. The van der Waals surface area contributed by atoms with Gasteiger partial charge in [0.15, 0.2) is 0 Å². The summed E-state index contributed by atoms with van der Waals surface area (Å²) in [6.45, 7) is 3.53. The maximum atomic E-state index is 13.3. The average Bonchev–Trinajstić information content (AvgIpc) is 3.51. The van der Waals surface area contributed by atoms with Crippen LogP contribution >= 0.6 is 11.3 Å². The molecule has 2 aromatic heterocycles. The SMILES string of the molecule is CCN(C(=O)Cn1c(CCCCCNC(=O)c2cccs2)nc2ccccc21)c1ccccc1. The van der Waals surface area contributed by atoms with Crippen molar-refractivity contribution in [2.45, 2.75) is 39.2 Å². The van der Waals surface area contributed by atoms with Crippen LogP contribution in [0.3, 0.4) is 0 Å². The third-order valence-corrected chi connectivity index (χ3v) is 6.69. The largest absolute Gasteiger partial charge is 0.351 e. The van der Waals surface area contributed by atoms with Gasteiger partial charge in [-0.3, -0.25) is 9.59 Å². The summed E-state index contributed by atoms with van der Waals surface area (Å²) in [6, 6.07) is 21.5. The van der Waals surface area contributed by atoms with Crippen molar-refractivity contribution in [2.24, 2.45) is 0 Å². The molecule has 34 heavy (non-hydrogen) atoms. The van der Waals surface area contributed by atoms with Gasteiger partial charge in [-0.25, -0.2) is 4.98 Å². The maximum absolute atomic E-state index is 13.3. The van der Waals surface area contributed by atoms with Crippen LogP contribution in [0.25, 0.3) is 11.0 Å². The van der Waals surface area contributed by atoms with E-state index >= 15 is 0 Å². The Morgan fingerprint density at radius 1 is 0.971 bits per heavy atom. The van der Waals surface area contributed by atoms with Gasteiger partial charge in [0.2, 0.25) is 5.91 Å². The lowest BCUT2D eigenvalue weighted by Crippen LogP contribution is -2.34. The van der Waals surface area contributed by atoms with Crippen molar-refractivity contribution in [2.75, 3.05) is 18.0 Å². The number of aryl methyl sites for hydroxylation is 1. The van der Waals surface area contributed by atoms with Crippen molar-refractivity contribution in [1.82, 2.24) is 14.9 Å². The molecule has 0 aliphatic carbocycles. The van der Waals surface area contributed by atoms with Gasteiger partial charge in [0.1, 0.15) is 12.4 Å². The molecule has 0 aliphatic heterocycles. The number of likely N-dealkylation sites (N-methyl/N-ethyl adjacent to an activating group) is 1. The Balaban J connectivity index is 1.37. The van der Waals surface area contributed by atoms with Gasteiger partial charge in [-0.15, -0.1) is 11.3 Å². The zero-order valence-electron chi connectivity index (χ0n) is 19.4. The van der Waals surface area contributed by atoms with Crippen LogP contribution in [0, 0.1) is 0 Å². The van der Waals surface area contributed by atoms with Crippen LogP contribution in [-0.4, -0.2) is 34.5 Å². The fourth-order valence-corrected chi connectivity index (χ4v) is 4.75. The van der Waals surface area contributed by atoms with Gasteiger partial charge in [-0.2, -0.15) is 0 Å². The first-order valence-corrected chi connectivity index (χ1v) is 12.7. The molecular weight excluding hydrogens is 444 g/mol. The Kier molecular flexibility index (Phi) is 8.09. The maximum Gasteiger partial charge on any atom is 0.261 e. The predicted molar refractivity (Wildman–Crippen MR) is 138 cm³/mol. The number of nitrogens with one attached hydrogen (secondary N) is 1. The molecule has 0 saturated heterocycles. The van der Waals surface area contributed by atoms with E-state index in [-0.39, 0.29) is 18.4 Å². The molecule has 6 nitrogen and oxygen atoms in total. The molecule has 0 atom stereocenters. The predicted octanol–water partition coefficient (Wildman–Crippen LogP) is 5.29. The molecule has 1 N–H and O–H groups in total. The average molecular weight is 475 g/mol. The molecule has 2 heterocycles. The highest BCUT2D eigenvalue weighted by atomic mass is 32.1. The highest BCUT2D eigenvalue weighted by Crippen LogP contribution is 2.20. The van der Waals surface area contributed by atoms with Crippen LogP contribution < -0.4 is 10.2 Å². The van der Waals surface area contributed by atoms with E-state index in [2.05, 4.69) is 9.88 Å². The van der Waals surface area contributed by atoms with Crippen molar-refractivity contribution in [3.8, 4) is 0 Å². The van der Waals surface area contributed by atoms with Crippen LogP contribution in [0.15, 0.2) is 72.1 Å². The van der Waals surface area contributed by atoms with Crippen LogP contribution in [-0.2, 0) is 17.8 Å². The van der Waals surface area contributed by atoms with E-state index in [1.54, 1.807) is 0 Å². The lowest BCUT2D eigenvalue weighted by molar-refractivity contribution is -0.119. The number of para-hydroxylation sites is 3. The molecule has 0 saturated carbocycles. The number of nitrogens with zero attached hydrogens (tertiary/aromatic N) is 3. The summed E-state index contributed by atoms with van der Waals surface area (Å²) in [7, 11) is 0. The summed E-state index contributed by atoms with van der Waals surface area (Å²) >= 11 is 1.45. The lowest BCUT2D eigenvalue weighted by atomic mass is 10.2. The van der Waals surface area contributed by atoms with Crippen molar-refractivity contribution < 1.29 is 9.59 Å². The number of fused-ring (bicyclic) bond motifs is 1. The molecule has 0 fully saturated rings. The lowest BCUT2D eigenvalue weighted by Gasteiger charge is -2.22. The van der Waals surface area contributed by atoms with E-state index in [0.717, 1.165) is 53.1 Å². The second-order valence-corrected chi connectivity index (χ2v) is 9.07. The van der Waals surface area contributed by atoms with E-state index in [1.165, 1.54) is 11.3 Å². The number of aromatic nitrogens is 2. The number of benzene rings is 2. The summed E-state index contributed by atoms with van der Waals surface area (Å²) in [6.07, 6.45) is 3.63. The highest BCUT2D eigenvalue weighted by molar-refractivity contribution is 7.12. The number of carbonyl (C=O) groups is 2. The van der Waals surface area contributed by atoms with E-state index < -0.39 is 0 Å². The Bertz CT molecular complexity index is 1220. The van der Waals surface area contributed by atoms with Gasteiger partial charge in [-0.05, 0) is 55.5 Å². The number of amides is 2. The molecule has 4 aromatic rings. The molecule has 7 heteroatoms. The number of hydrogen-bond donors (Lipinski definition) is 1. The fourth-order valence-electron chi connectivity index (χ4n) is 4.11. The monoisotopic (exact) mass is 474 g/mol.